The monoisotopic (exact) mass is 171 g/mol. The van der Waals surface area contributed by atoms with Gasteiger partial charge in [-0.2, -0.15) is 0 Å². The van der Waals surface area contributed by atoms with E-state index in [9.17, 15) is 9.59 Å². The predicted molar refractivity (Wildman–Crippen MR) is 42.4 cm³/mol. The van der Waals surface area contributed by atoms with E-state index < -0.39 is 0 Å². The zero-order valence-corrected chi connectivity index (χ0v) is 7.53. The fraction of sp³-hybridized carbons (Fsp3) is 0.750. The summed E-state index contributed by atoms with van der Waals surface area (Å²) >= 11 is 0. The third-order valence-electron chi connectivity index (χ3n) is 1.64. The molecule has 0 spiro atoms. The number of carbonyl (C=O) groups excluding carboxylic acids is 2. The van der Waals surface area contributed by atoms with Crippen LogP contribution in [0, 0.1) is 0 Å². The number of ether oxygens (including phenoxy) is 1. The van der Waals surface area contributed by atoms with Gasteiger partial charge in [-0.3, -0.25) is 4.79 Å². The smallest absolute Gasteiger partial charge is 0.330 e. The Hall–Kier alpha value is -1.06. The summed E-state index contributed by atoms with van der Waals surface area (Å²) in [5, 5.41) is 0. The van der Waals surface area contributed by atoms with Crippen LogP contribution in [-0.4, -0.2) is 35.5 Å². The van der Waals surface area contributed by atoms with Gasteiger partial charge in [0, 0.05) is 6.92 Å². The van der Waals surface area contributed by atoms with Gasteiger partial charge in [0.25, 0.3) is 0 Å². The number of rotatable bonds is 2. The lowest BCUT2D eigenvalue weighted by Gasteiger charge is -2.06. The SMILES string of the molecule is CC(=O)N1CC1C(=O)OC(C)C. The molecule has 0 bridgehead atoms. The molecule has 0 aliphatic carbocycles. The average Bonchev–Trinajstić information content (AvgIpc) is 2.61. The highest BCUT2D eigenvalue weighted by Gasteiger charge is 2.43. The normalized spacial score (nSPS) is 21.0. The molecule has 1 amide bonds. The van der Waals surface area contributed by atoms with Crippen LogP contribution in [0.25, 0.3) is 0 Å². The van der Waals surface area contributed by atoms with Crippen molar-refractivity contribution in [1.82, 2.24) is 4.90 Å². The van der Waals surface area contributed by atoms with Crippen molar-refractivity contribution in [2.45, 2.75) is 32.9 Å². The van der Waals surface area contributed by atoms with E-state index in [0.29, 0.717) is 6.54 Å². The minimum absolute atomic E-state index is 0.0688. The van der Waals surface area contributed by atoms with E-state index in [0.717, 1.165) is 0 Å². The molecule has 1 aliphatic heterocycles. The second kappa shape index (κ2) is 3.13. The average molecular weight is 171 g/mol. The van der Waals surface area contributed by atoms with E-state index in [1.54, 1.807) is 13.8 Å². The molecule has 0 aromatic heterocycles. The summed E-state index contributed by atoms with van der Waals surface area (Å²) in [6, 6.07) is -0.315. The molecule has 0 N–H and O–H groups in total. The van der Waals surface area contributed by atoms with Gasteiger partial charge in [-0.1, -0.05) is 0 Å². The van der Waals surface area contributed by atoms with Crippen LogP contribution in [0.4, 0.5) is 0 Å². The van der Waals surface area contributed by atoms with Crippen molar-refractivity contribution in [3.63, 3.8) is 0 Å². The molecule has 12 heavy (non-hydrogen) atoms. The molecule has 0 aromatic carbocycles. The minimum atomic E-state index is -0.315. The summed E-state index contributed by atoms with van der Waals surface area (Å²) in [6.45, 7) is 5.54. The van der Waals surface area contributed by atoms with Crippen molar-refractivity contribution < 1.29 is 14.3 Å². The Morgan fingerprint density at radius 1 is 1.50 bits per heavy atom. The maximum Gasteiger partial charge on any atom is 0.330 e. The van der Waals surface area contributed by atoms with Crippen molar-refractivity contribution in [1.29, 1.82) is 0 Å². The molecule has 0 aromatic rings. The summed E-state index contributed by atoms with van der Waals surface area (Å²) in [6.07, 6.45) is -0.105. The first-order valence-corrected chi connectivity index (χ1v) is 4.00. The van der Waals surface area contributed by atoms with Gasteiger partial charge in [0.05, 0.1) is 12.6 Å². The van der Waals surface area contributed by atoms with E-state index in [1.807, 2.05) is 0 Å². The maximum atomic E-state index is 11.1. The predicted octanol–water partition coefficient (Wildman–Crippen LogP) is 0.169. The zero-order chi connectivity index (χ0) is 9.30. The van der Waals surface area contributed by atoms with Crippen LogP contribution < -0.4 is 0 Å². The lowest BCUT2D eigenvalue weighted by Crippen LogP contribution is -2.21. The van der Waals surface area contributed by atoms with Crippen LogP contribution in [0.15, 0.2) is 0 Å². The van der Waals surface area contributed by atoms with Gasteiger partial charge in [0.1, 0.15) is 6.04 Å². The zero-order valence-electron chi connectivity index (χ0n) is 7.53. The van der Waals surface area contributed by atoms with Crippen LogP contribution in [0.1, 0.15) is 20.8 Å². The molecule has 4 heteroatoms. The lowest BCUT2D eigenvalue weighted by molar-refractivity contribution is -0.148. The van der Waals surface area contributed by atoms with Gasteiger partial charge < -0.3 is 9.64 Å². The van der Waals surface area contributed by atoms with Crippen LogP contribution in [0.2, 0.25) is 0 Å². The number of hydrogen-bond donors (Lipinski definition) is 0. The van der Waals surface area contributed by atoms with Crippen LogP contribution in [0.5, 0.6) is 0 Å². The quantitative estimate of drug-likeness (QED) is 0.439. The van der Waals surface area contributed by atoms with Crippen molar-refractivity contribution in [2.75, 3.05) is 6.54 Å². The molecule has 4 nitrogen and oxygen atoms in total. The number of nitrogens with zero attached hydrogens (tertiary/aromatic N) is 1. The van der Waals surface area contributed by atoms with Crippen LogP contribution >= 0.6 is 0 Å². The molecule has 1 fully saturated rings. The first kappa shape index (κ1) is 9.03. The Morgan fingerprint density at radius 2 is 2.08 bits per heavy atom. The van der Waals surface area contributed by atoms with Crippen LogP contribution in [0.3, 0.4) is 0 Å². The topological polar surface area (TPSA) is 46.4 Å². The molecular weight excluding hydrogens is 158 g/mol. The fourth-order valence-corrected chi connectivity index (χ4v) is 1.000. The highest BCUT2D eigenvalue weighted by Crippen LogP contribution is 2.18. The third kappa shape index (κ3) is 1.96. The lowest BCUT2D eigenvalue weighted by atomic mass is 10.4. The molecule has 1 aliphatic rings. The molecule has 68 valence electrons. The number of carbonyl (C=O) groups is 2. The van der Waals surface area contributed by atoms with Gasteiger partial charge in [-0.15, -0.1) is 0 Å². The molecule has 1 heterocycles. The largest absolute Gasteiger partial charge is 0.461 e. The summed E-state index contributed by atoms with van der Waals surface area (Å²) in [5.41, 5.74) is 0. The molecule has 1 unspecified atom stereocenters. The van der Waals surface area contributed by atoms with Gasteiger partial charge in [-0.05, 0) is 13.8 Å². The molecule has 0 saturated carbocycles. The summed E-state index contributed by atoms with van der Waals surface area (Å²) < 4.78 is 4.92. The Labute approximate surface area is 71.5 Å². The highest BCUT2D eigenvalue weighted by atomic mass is 16.5. The second-order valence-electron chi connectivity index (χ2n) is 3.17. The van der Waals surface area contributed by atoms with E-state index in [-0.39, 0.29) is 24.0 Å². The van der Waals surface area contributed by atoms with Crippen molar-refractivity contribution in [3.05, 3.63) is 0 Å². The van der Waals surface area contributed by atoms with Gasteiger partial charge in [0.2, 0.25) is 5.91 Å². The third-order valence-corrected chi connectivity index (χ3v) is 1.64. The van der Waals surface area contributed by atoms with Gasteiger partial charge >= 0.3 is 5.97 Å². The maximum absolute atomic E-state index is 11.1. The van der Waals surface area contributed by atoms with Crippen molar-refractivity contribution in [2.24, 2.45) is 0 Å². The molecular formula is C8H13NO3. The van der Waals surface area contributed by atoms with E-state index in [1.165, 1.54) is 11.8 Å². The van der Waals surface area contributed by atoms with E-state index in [4.69, 9.17) is 4.74 Å². The Bertz CT molecular complexity index is 212. The molecule has 1 atom stereocenters. The van der Waals surface area contributed by atoms with E-state index in [2.05, 4.69) is 0 Å². The number of hydrogen-bond acceptors (Lipinski definition) is 3. The number of esters is 1. The fourth-order valence-electron chi connectivity index (χ4n) is 1.000. The molecule has 1 saturated heterocycles. The summed E-state index contributed by atoms with van der Waals surface area (Å²) in [4.78, 5) is 23.3. The summed E-state index contributed by atoms with van der Waals surface area (Å²) in [5.74, 6) is -0.360. The van der Waals surface area contributed by atoms with E-state index >= 15 is 0 Å². The first-order valence-electron chi connectivity index (χ1n) is 4.00. The second-order valence-corrected chi connectivity index (χ2v) is 3.17. The van der Waals surface area contributed by atoms with Gasteiger partial charge in [-0.25, -0.2) is 4.79 Å². The Kier molecular flexibility index (Phi) is 2.35. The van der Waals surface area contributed by atoms with Crippen molar-refractivity contribution >= 4 is 11.9 Å². The first-order chi connectivity index (χ1) is 5.52. The minimum Gasteiger partial charge on any atom is -0.461 e. The van der Waals surface area contributed by atoms with Crippen molar-refractivity contribution in [3.8, 4) is 0 Å². The van der Waals surface area contributed by atoms with Crippen LogP contribution in [-0.2, 0) is 14.3 Å². The Morgan fingerprint density at radius 3 is 2.42 bits per heavy atom. The Balaban J connectivity index is 2.33. The standard InChI is InChI=1S/C8H13NO3/c1-5(2)12-8(11)7-4-9(7)6(3)10/h5,7H,4H2,1-3H3. The molecule has 0 radical (unpaired) electrons. The summed E-state index contributed by atoms with van der Waals surface area (Å²) in [7, 11) is 0. The number of amides is 1. The molecule has 1 rings (SSSR count). The van der Waals surface area contributed by atoms with Gasteiger partial charge in [0.15, 0.2) is 0 Å². The highest BCUT2D eigenvalue weighted by molar-refractivity contribution is 5.88.